The van der Waals surface area contributed by atoms with Crippen LogP contribution in [0.1, 0.15) is 30.1 Å². The Morgan fingerprint density at radius 1 is 1.16 bits per heavy atom. The van der Waals surface area contributed by atoms with Crippen LogP contribution in [0, 0.1) is 5.92 Å². The van der Waals surface area contributed by atoms with Crippen LogP contribution in [0.3, 0.4) is 0 Å². The monoisotopic (exact) mass is 574 g/mol. The van der Waals surface area contributed by atoms with Crippen LogP contribution in [0.25, 0.3) is 10.2 Å². The lowest BCUT2D eigenvalue weighted by Crippen LogP contribution is -2.43. The molecular formula is C27H34N4O4S3. The molecule has 2 saturated heterocycles. The molecule has 3 heterocycles. The number of hydrogen-bond acceptors (Lipinski definition) is 8. The Morgan fingerprint density at radius 2 is 1.92 bits per heavy atom. The molecular weight excluding hydrogens is 541 g/mol. The molecule has 2 aromatic carbocycles. The molecule has 3 aromatic rings. The molecule has 8 nitrogen and oxygen atoms in total. The van der Waals surface area contributed by atoms with Crippen molar-refractivity contribution < 1.29 is 17.9 Å². The van der Waals surface area contributed by atoms with E-state index >= 15 is 0 Å². The first-order chi connectivity index (χ1) is 18.3. The molecule has 1 aromatic heterocycles. The van der Waals surface area contributed by atoms with Crippen LogP contribution < -0.4 is 4.90 Å². The Bertz CT molecular complexity index is 1370. The summed E-state index contributed by atoms with van der Waals surface area (Å²) in [5.74, 6) is 0.165. The number of sulfonamides is 1. The highest BCUT2D eigenvalue weighted by Gasteiger charge is 2.29. The summed E-state index contributed by atoms with van der Waals surface area (Å²) in [5.41, 5.74) is 1.31. The molecule has 0 bridgehead atoms. The van der Waals surface area contributed by atoms with E-state index in [1.807, 2.05) is 18.4 Å². The van der Waals surface area contributed by atoms with Crippen LogP contribution in [0.4, 0.5) is 5.13 Å². The number of carbonyl (C=O) groups is 1. The first-order valence-electron chi connectivity index (χ1n) is 13.0. The van der Waals surface area contributed by atoms with Gasteiger partial charge in [0, 0.05) is 49.7 Å². The second-order valence-corrected chi connectivity index (χ2v) is 13.7. The van der Waals surface area contributed by atoms with E-state index < -0.39 is 10.0 Å². The fourth-order valence-corrected chi connectivity index (χ4v) is 8.07. The summed E-state index contributed by atoms with van der Waals surface area (Å²) in [7, 11) is -3.58. The molecule has 204 valence electrons. The fraction of sp³-hybridized carbons (Fsp3) is 0.481. The zero-order valence-corrected chi connectivity index (χ0v) is 24.3. The maximum absolute atomic E-state index is 13.8. The maximum atomic E-state index is 13.8. The molecule has 0 spiro atoms. The molecule has 0 aliphatic carbocycles. The molecule has 0 saturated carbocycles. The van der Waals surface area contributed by atoms with E-state index in [2.05, 4.69) is 17.9 Å². The Balaban J connectivity index is 1.40. The number of ether oxygens (including phenoxy) is 1. The molecule has 5 rings (SSSR count). The third kappa shape index (κ3) is 6.08. The Labute approximate surface area is 233 Å². The summed E-state index contributed by atoms with van der Waals surface area (Å²) in [5, 5.41) is 0.649. The van der Waals surface area contributed by atoms with E-state index in [9.17, 15) is 13.2 Å². The Hall–Kier alpha value is -2.02. The lowest BCUT2D eigenvalue weighted by Gasteiger charge is -2.30. The summed E-state index contributed by atoms with van der Waals surface area (Å²) >= 11 is 3.18. The quantitative estimate of drug-likeness (QED) is 0.369. The van der Waals surface area contributed by atoms with E-state index in [1.165, 1.54) is 11.3 Å². The van der Waals surface area contributed by atoms with Crippen LogP contribution in [-0.2, 0) is 14.8 Å². The van der Waals surface area contributed by atoms with Crippen molar-refractivity contribution >= 4 is 54.4 Å². The number of rotatable bonds is 8. The second-order valence-electron chi connectivity index (χ2n) is 9.88. The molecule has 1 amide bonds. The first-order valence-corrected chi connectivity index (χ1v) is 16.5. The molecule has 0 radical (unpaired) electrons. The van der Waals surface area contributed by atoms with E-state index in [0.29, 0.717) is 56.0 Å². The summed E-state index contributed by atoms with van der Waals surface area (Å²) in [6.07, 6.45) is 3.96. The molecule has 1 unspecified atom stereocenters. The average molecular weight is 575 g/mol. The van der Waals surface area contributed by atoms with Gasteiger partial charge < -0.3 is 4.74 Å². The SMILES string of the molecule is CSc1ccc2nc(N(CCN3CCOCC3)C(=O)c3ccc(S(=O)(=O)N4CCCC(C)C4)cc3)sc2c1. The van der Waals surface area contributed by atoms with Gasteiger partial charge >= 0.3 is 0 Å². The summed E-state index contributed by atoms with van der Waals surface area (Å²) in [6, 6.07) is 12.5. The number of nitrogens with zero attached hydrogens (tertiary/aromatic N) is 4. The Morgan fingerprint density at radius 3 is 2.63 bits per heavy atom. The summed E-state index contributed by atoms with van der Waals surface area (Å²) < 4.78 is 34.5. The molecule has 1 atom stereocenters. The van der Waals surface area contributed by atoms with Crippen LogP contribution in [0.5, 0.6) is 0 Å². The smallest absolute Gasteiger partial charge is 0.260 e. The molecule has 2 aliphatic rings. The molecule has 38 heavy (non-hydrogen) atoms. The first kappa shape index (κ1) is 27.5. The second kappa shape index (κ2) is 12.0. The van der Waals surface area contributed by atoms with Crippen molar-refractivity contribution in [3.8, 4) is 0 Å². The number of morpholine rings is 1. The predicted octanol–water partition coefficient (Wildman–Crippen LogP) is 4.42. The largest absolute Gasteiger partial charge is 0.379 e. The van der Waals surface area contributed by atoms with Gasteiger partial charge in [0.1, 0.15) is 0 Å². The van der Waals surface area contributed by atoms with Gasteiger partial charge in [-0.15, -0.1) is 11.8 Å². The number of benzene rings is 2. The van der Waals surface area contributed by atoms with Gasteiger partial charge in [-0.05, 0) is 67.5 Å². The summed E-state index contributed by atoms with van der Waals surface area (Å²) in [6.45, 7) is 7.41. The van der Waals surface area contributed by atoms with Gasteiger partial charge in [0.2, 0.25) is 10.0 Å². The standard InChI is InChI=1S/C27H34N4O4S3/c1-20-4-3-11-30(19-20)38(33,34)23-8-5-21(6-9-23)26(32)31(13-12-29-14-16-35-17-15-29)27-28-24-10-7-22(36-2)18-25(24)37-27/h5-10,18,20H,3-4,11-17,19H2,1-2H3. The van der Waals surface area contributed by atoms with Crippen molar-refractivity contribution in [1.82, 2.24) is 14.2 Å². The average Bonchev–Trinajstić information content (AvgIpc) is 3.36. The number of thioether (sulfide) groups is 1. The lowest BCUT2D eigenvalue weighted by molar-refractivity contribution is 0.0391. The van der Waals surface area contributed by atoms with Gasteiger partial charge in [-0.2, -0.15) is 4.31 Å². The van der Waals surface area contributed by atoms with E-state index in [4.69, 9.17) is 9.72 Å². The number of hydrogen-bond donors (Lipinski definition) is 0. The summed E-state index contributed by atoms with van der Waals surface area (Å²) in [4.78, 5) is 24.0. The number of fused-ring (bicyclic) bond motifs is 1. The normalized spacial score (nSPS) is 19.6. The number of amides is 1. The van der Waals surface area contributed by atoms with Gasteiger partial charge in [0.25, 0.3) is 5.91 Å². The molecule has 0 N–H and O–H groups in total. The highest BCUT2D eigenvalue weighted by Crippen LogP contribution is 2.32. The van der Waals surface area contributed by atoms with Gasteiger partial charge in [-0.3, -0.25) is 14.6 Å². The molecule has 2 fully saturated rings. The van der Waals surface area contributed by atoms with Crippen molar-refractivity contribution in [3.63, 3.8) is 0 Å². The maximum Gasteiger partial charge on any atom is 0.260 e. The van der Waals surface area contributed by atoms with Gasteiger partial charge in [0.15, 0.2) is 5.13 Å². The van der Waals surface area contributed by atoms with Crippen LogP contribution in [0.2, 0.25) is 0 Å². The van der Waals surface area contributed by atoms with Crippen LogP contribution in [-0.4, -0.2) is 87.3 Å². The fourth-order valence-electron chi connectivity index (χ4n) is 4.92. The van der Waals surface area contributed by atoms with Crippen molar-refractivity contribution in [2.75, 3.05) is 63.6 Å². The topological polar surface area (TPSA) is 83.0 Å². The minimum absolute atomic E-state index is 0.182. The van der Waals surface area contributed by atoms with Crippen molar-refractivity contribution in [1.29, 1.82) is 0 Å². The van der Waals surface area contributed by atoms with Crippen LogP contribution in [0.15, 0.2) is 52.3 Å². The van der Waals surface area contributed by atoms with Crippen LogP contribution >= 0.6 is 23.1 Å². The van der Waals surface area contributed by atoms with Crippen molar-refractivity contribution in [3.05, 3.63) is 48.0 Å². The van der Waals surface area contributed by atoms with Gasteiger partial charge in [-0.25, -0.2) is 13.4 Å². The number of thiazole rings is 1. The molecule has 2 aliphatic heterocycles. The third-order valence-electron chi connectivity index (χ3n) is 7.16. The van der Waals surface area contributed by atoms with Gasteiger partial charge in [0.05, 0.1) is 28.3 Å². The zero-order valence-electron chi connectivity index (χ0n) is 21.8. The number of piperidine rings is 1. The van der Waals surface area contributed by atoms with Crippen molar-refractivity contribution in [2.45, 2.75) is 29.6 Å². The number of anilines is 1. The minimum atomic E-state index is -3.58. The lowest BCUT2D eigenvalue weighted by atomic mass is 10.0. The highest BCUT2D eigenvalue weighted by molar-refractivity contribution is 7.98. The third-order valence-corrected chi connectivity index (χ3v) is 10.8. The van der Waals surface area contributed by atoms with E-state index in [-0.39, 0.29) is 10.8 Å². The van der Waals surface area contributed by atoms with E-state index in [0.717, 1.165) is 41.0 Å². The Kier molecular flexibility index (Phi) is 8.71. The van der Waals surface area contributed by atoms with E-state index in [1.54, 1.807) is 45.2 Å². The zero-order chi connectivity index (χ0) is 26.7. The highest BCUT2D eigenvalue weighted by atomic mass is 32.2. The minimum Gasteiger partial charge on any atom is -0.379 e. The number of aromatic nitrogens is 1. The van der Waals surface area contributed by atoms with Crippen molar-refractivity contribution in [2.24, 2.45) is 5.92 Å². The van der Waals surface area contributed by atoms with Gasteiger partial charge in [-0.1, -0.05) is 18.3 Å². The molecule has 11 heteroatoms. The predicted molar refractivity (Wildman–Crippen MR) is 154 cm³/mol. The number of carbonyl (C=O) groups excluding carboxylic acids is 1.